The van der Waals surface area contributed by atoms with Gasteiger partial charge in [0.25, 0.3) is 0 Å². The number of aliphatic hydroxyl groups excluding tert-OH is 1. The van der Waals surface area contributed by atoms with Crippen molar-refractivity contribution in [2.45, 2.75) is 18.9 Å². The number of ether oxygens (including phenoxy) is 1. The molecule has 2 heterocycles. The van der Waals surface area contributed by atoms with E-state index in [1.807, 2.05) is 36.4 Å². The van der Waals surface area contributed by atoms with E-state index in [2.05, 4.69) is 15.2 Å². The van der Waals surface area contributed by atoms with E-state index in [-0.39, 0.29) is 11.9 Å². The van der Waals surface area contributed by atoms with E-state index in [4.69, 9.17) is 9.72 Å². The maximum Gasteiger partial charge on any atom is 0.227 e. The molecule has 29 heavy (non-hydrogen) atoms. The predicted molar refractivity (Wildman–Crippen MR) is 111 cm³/mol. The monoisotopic (exact) mass is 394 g/mol. The van der Waals surface area contributed by atoms with Crippen molar-refractivity contribution in [3.05, 3.63) is 60.4 Å². The van der Waals surface area contributed by atoms with Gasteiger partial charge in [0, 0.05) is 36.5 Å². The second-order valence-electron chi connectivity index (χ2n) is 7.00. The van der Waals surface area contributed by atoms with Crippen LogP contribution in [-0.2, 0) is 0 Å². The number of aromatic nitrogens is 2. The molecule has 0 amide bonds. The van der Waals surface area contributed by atoms with Gasteiger partial charge in [-0.05, 0) is 25.0 Å². The number of hydrogen-bond acceptors (Lipinski definition) is 6. The molecule has 1 aromatic heterocycles. The molecule has 0 bridgehead atoms. The third-order valence-corrected chi connectivity index (χ3v) is 4.96. The van der Waals surface area contributed by atoms with Gasteiger partial charge in [-0.25, -0.2) is 9.37 Å². The summed E-state index contributed by atoms with van der Waals surface area (Å²) in [5.74, 6) is 0.912. The minimum atomic E-state index is -0.444. The lowest BCUT2D eigenvalue weighted by Crippen LogP contribution is -2.37. The fraction of sp³-hybridized carbons (Fsp3) is 0.273. The molecule has 3 aromatic rings. The molecule has 1 aliphatic heterocycles. The van der Waals surface area contributed by atoms with Gasteiger partial charge < -0.3 is 20.1 Å². The Morgan fingerprint density at radius 3 is 2.52 bits per heavy atom. The Morgan fingerprint density at radius 1 is 1.07 bits per heavy atom. The summed E-state index contributed by atoms with van der Waals surface area (Å²) >= 11 is 0. The maximum atomic E-state index is 14.1. The number of nitrogens with zero attached hydrogens (tertiary/aromatic N) is 3. The first-order valence-corrected chi connectivity index (χ1v) is 9.60. The molecule has 0 radical (unpaired) electrons. The van der Waals surface area contributed by atoms with Crippen molar-refractivity contribution in [1.29, 1.82) is 0 Å². The topological polar surface area (TPSA) is 70.5 Å². The standard InChI is InChI=1S/C22H23FN4O2/c1-29-20-8-7-16(13-18(20)23)24-21-14-19(15-5-3-2-4-6-15)25-22(26-21)27-11-9-17(28)10-12-27/h2-8,13-14,17,28H,9-12H2,1H3,(H,24,25,26). The normalized spacial score (nSPS) is 14.7. The number of rotatable bonds is 5. The van der Waals surface area contributed by atoms with Gasteiger partial charge in [0.15, 0.2) is 11.6 Å². The molecule has 1 saturated heterocycles. The maximum absolute atomic E-state index is 14.1. The Bertz CT molecular complexity index is 976. The molecular formula is C22H23FN4O2. The van der Waals surface area contributed by atoms with Crippen LogP contribution in [0.4, 0.5) is 21.8 Å². The fourth-order valence-electron chi connectivity index (χ4n) is 3.35. The molecule has 2 aromatic carbocycles. The summed E-state index contributed by atoms with van der Waals surface area (Å²) in [7, 11) is 1.43. The van der Waals surface area contributed by atoms with Gasteiger partial charge >= 0.3 is 0 Å². The van der Waals surface area contributed by atoms with E-state index in [1.165, 1.54) is 13.2 Å². The molecule has 1 fully saturated rings. The summed E-state index contributed by atoms with van der Waals surface area (Å²) in [6, 6.07) is 16.4. The second kappa shape index (κ2) is 8.45. The molecule has 1 aliphatic rings. The number of halogens is 1. The predicted octanol–water partition coefficient (Wildman–Crippen LogP) is 4.00. The lowest BCUT2D eigenvalue weighted by molar-refractivity contribution is 0.145. The van der Waals surface area contributed by atoms with E-state index in [0.717, 1.165) is 11.3 Å². The summed E-state index contributed by atoms with van der Waals surface area (Å²) in [5.41, 5.74) is 2.32. The molecule has 0 atom stereocenters. The zero-order valence-electron chi connectivity index (χ0n) is 16.2. The van der Waals surface area contributed by atoms with E-state index in [0.29, 0.717) is 43.4 Å². The molecule has 0 spiro atoms. The summed E-state index contributed by atoms with van der Waals surface area (Å²) < 4.78 is 19.1. The van der Waals surface area contributed by atoms with Gasteiger partial charge in [0.2, 0.25) is 5.95 Å². The molecule has 0 aliphatic carbocycles. The fourth-order valence-corrected chi connectivity index (χ4v) is 3.35. The molecule has 0 unspecified atom stereocenters. The SMILES string of the molecule is COc1ccc(Nc2cc(-c3ccccc3)nc(N3CCC(O)CC3)n2)cc1F. The van der Waals surface area contributed by atoms with E-state index < -0.39 is 5.82 Å². The van der Waals surface area contributed by atoms with Gasteiger partial charge in [-0.15, -0.1) is 0 Å². The highest BCUT2D eigenvalue weighted by Gasteiger charge is 2.20. The van der Waals surface area contributed by atoms with Gasteiger partial charge in [0.05, 0.1) is 18.9 Å². The molecule has 150 valence electrons. The molecule has 7 heteroatoms. The highest BCUT2D eigenvalue weighted by molar-refractivity contribution is 5.67. The zero-order chi connectivity index (χ0) is 20.2. The number of benzene rings is 2. The average Bonchev–Trinajstić information content (AvgIpc) is 2.75. The number of methoxy groups -OCH3 is 1. The Morgan fingerprint density at radius 2 is 1.83 bits per heavy atom. The van der Waals surface area contributed by atoms with Crippen molar-refractivity contribution in [3.63, 3.8) is 0 Å². The Labute approximate surface area is 169 Å². The third-order valence-electron chi connectivity index (χ3n) is 4.96. The van der Waals surface area contributed by atoms with Gasteiger partial charge in [0.1, 0.15) is 5.82 Å². The highest BCUT2D eigenvalue weighted by Crippen LogP contribution is 2.28. The van der Waals surface area contributed by atoms with Crippen LogP contribution >= 0.6 is 0 Å². The van der Waals surface area contributed by atoms with Crippen molar-refractivity contribution in [2.24, 2.45) is 0 Å². The van der Waals surface area contributed by atoms with Crippen LogP contribution in [0.1, 0.15) is 12.8 Å². The Hall–Kier alpha value is -3.19. The summed E-state index contributed by atoms with van der Waals surface area (Å²) in [6.45, 7) is 1.38. The lowest BCUT2D eigenvalue weighted by Gasteiger charge is -2.30. The molecule has 2 N–H and O–H groups in total. The quantitative estimate of drug-likeness (QED) is 0.682. The second-order valence-corrected chi connectivity index (χ2v) is 7.00. The molecule has 4 rings (SSSR count). The minimum absolute atomic E-state index is 0.191. The summed E-state index contributed by atoms with van der Waals surface area (Å²) in [4.78, 5) is 11.4. The molecule has 6 nitrogen and oxygen atoms in total. The summed E-state index contributed by atoms with van der Waals surface area (Å²) in [5, 5.41) is 13.0. The van der Waals surface area contributed by atoms with E-state index >= 15 is 0 Å². The average molecular weight is 394 g/mol. The van der Waals surface area contributed by atoms with Gasteiger partial charge in [-0.1, -0.05) is 30.3 Å². The number of aliphatic hydroxyl groups is 1. The van der Waals surface area contributed by atoms with E-state index in [9.17, 15) is 9.50 Å². The first kappa shape index (κ1) is 19.1. The van der Waals surface area contributed by atoms with Crippen molar-refractivity contribution in [1.82, 2.24) is 9.97 Å². The van der Waals surface area contributed by atoms with Crippen molar-refractivity contribution >= 4 is 17.5 Å². The lowest BCUT2D eigenvalue weighted by atomic mass is 10.1. The Balaban J connectivity index is 1.68. The number of piperidine rings is 1. The minimum Gasteiger partial charge on any atom is -0.494 e. The van der Waals surface area contributed by atoms with Crippen LogP contribution in [0.25, 0.3) is 11.3 Å². The van der Waals surface area contributed by atoms with Crippen LogP contribution in [0.3, 0.4) is 0 Å². The van der Waals surface area contributed by atoms with Crippen LogP contribution in [0.15, 0.2) is 54.6 Å². The largest absolute Gasteiger partial charge is 0.494 e. The summed E-state index contributed by atoms with van der Waals surface area (Å²) in [6.07, 6.45) is 1.10. The number of hydrogen-bond donors (Lipinski definition) is 2. The molecular weight excluding hydrogens is 371 g/mol. The van der Waals surface area contributed by atoms with Crippen LogP contribution in [0.5, 0.6) is 5.75 Å². The zero-order valence-corrected chi connectivity index (χ0v) is 16.2. The first-order chi connectivity index (χ1) is 14.1. The van der Waals surface area contributed by atoms with Gasteiger partial charge in [-0.3, -0.25) is 0 Å². The van der Waals surface area contributed by atoms with Gasteiger partial charge in [-0.2, -0.15) is 4.98 Å². The van der Waals surface area contributed by atoms with Crippen LogP contribution in [-0.4, -0.2) is 41.4 Å². The van der Waals surface area contributed by atoms with E-state index in [1.54, 1.807) is 12.1 Å². The van der Waals surface area contributed by atoms with Crippen LogP contribution < -0.4 is 15.0 Å². The first-order valence-electron chi connectivity index (χ1n) is 9.60. The van der Waals surface area contributed by atoms with Crippen molar-refractivity contribution in [3.8, 4) is 17.0 Å². The number of anilines is 3. The van der Waals surface area contributed by atoms with Crippen LogP contribution in [0, 0.1) is 5.82 Å². The third kappa shape index (κ3) is 4.46. The van der Waals surface area contributed by atoms with Crippen molar-refractivity contribution < 1.29 is 14.2 Å². The van der Waals surface area contributed by atoms with Crippen LogP contribution in [0.2, 0.25) is 0 Å². The molecule has 0 saturated carbocycles. The smallest absolute Gasteiger partial charge is 0.227 e. The van der Waals surface area contributed by atoms with Crippen molar-refractivity contribution in [2.75, 3.05) is 30.4 Å². The Kier molecular flexibility index (Phi) is 5.57. The highest BCUT2D eigenvalue weighted by atomic mass is 19.1. The number of nitrogens with one attached hydrogen (secondary N) is 1.